The van der Waals surface area contributed by atoms with Gasteiger partial charge in [0.15, 0.2) is 5.82 Å². The summed E-state index contributed by atoms with van der Waals surface area (Å²) in [5.41, 5.74) is 1.54. The predicted octanol–water partition coefficient (Wildman–Crippen LogP) is 2.44. The third kappa shape index (κ3) is 8.32. The molecule has 0 radical (unpaired) electrons. The summed E-state index contributed by atoms with van der Waals surface area (Å²) < 4.78 is 0. The number of hydrogen-bond donors (Lipinski definition) is 6. The maximum absolute atomic E-state index is 14.9. The van der Waals surface area contributed by atoms with Gasteiger partial charge in [-0.3, -0.25) is 24.1 Å². The molecule has 5 amide bonds. The Labute approximate surface area is 316 Å². The minimum absolute atomic E-state index is 0.0856. The SMILES string of the molecule is CC(C)[C@H](NC(=O)O)C(=O)N[C@@H](CC(=O)NC(c1ccccc1)(c1ccccc1)c1ccccc1)C(=O)N1c2ncccc2C[C@H]1C(=O)NCc1nn[nH]n1. The van der Waals surface area contributed by atoms with E-state index in [1.165, 1.54) is 11.1 Å². The lowest BCUT2D eigenvalue weighted by atomic mass is 9.77. The Bertz CT molecular complexity index is 2020. The third-order valence-electron chi connectivity index (χ3n) is 9.35. The van der Waals surface area contributed by atoms with Crippen LogP contribution in [0.3, 0.4) is 0 Å². The number of tetrazole rings is 1. The summed E-state index contributed by atoms with van der Waals surface area (Å²) in [6.07, 6.45) is -0.469. The summed E-state index contributed by atoms with van der Waals surface area (Å²) in [6.45, 7) is 3.20. The van der Waals surface area contributed by atoms with Crippen molar-refractivity contribution >= 4 is 35.5 Å². The molecule has 0 aliphatic carbocycles. The van der Waals surface area contributed by atoms with Crippen molar-refractivity contribution in [1.82, 2.24) is 46.9 Å². The number of aromatic nitrogens is 5. The number of rotatable bonds is 14. The van der Waals surface area contributed by atoms with E-state index in [4.69, 9.17) is 0 Å². The molecule has 55 heavy (non-hydrogen) atoms. The van der Waals surface area contributed by atoms with Crippen LogP contribution in [0.15, 0.2) is 109 Å². The molecular weight excluding hydrogens is 704 g/mol. The highest BCUT2D eigenvalue weighted by Gasteiger charge is 2.44. The number of amides is 5. The number of hydrogen-bond acceptors (Lipinski definition) is 9. The number of aromatic amines is 1. The minimum Gasteiger partial charge on any atom is -0.465 e. The van der Waals surface area contributed by atoms with Gasteiger partial charge in [-0.2, -0.15) is 5.21 Å². The van der Waals surface area contributed by atoms with Gasteiger partial charge >= 0.3 is 6.09 Å². The molecule has 0 saturated carbocycles. The fourth-order valence-corrected chi connectivity index (χ4v) is 6.79. The van der Waals surface area contributed by atoms with Gasteiger partial charge in [0.05, 0.1) is 13.0 Å². The van der Waals surface area contributed by atoms with Crippen molar-refractivity contribution in [3.8, 4) is 0 Å². The monoisotopic (exact) mass is 744 g/mol. The molecule has 1 aliphatic rings. The number of fused-ring (bicyclic) bond motifs is 1. The zero-order valence-electron chi connectivity index (χ0n) is 30.0. The zero-order valence-corrected chi connectivity index (χ0v) is 30.0. The van der Waals surface area contributed by atoms with Crippen LogP contribution in [-0.2, 0) is 37.7 Å². The Morgan fingerprint density at radius 1 is 0.855 bits per heavy atom. The van der Waals surface area contributed by atoms with Gasteiger partial charge in [0.25, 0.3) is 5.91 Å². The van der Waals surface area contributed by atoms with E-state index in [2.05, 4.69) is 46.9 Å². The standard InChI is InChI=1S/C39H40N10O6/c1-24(2)33(43-38(54)55)36(52)42-29(37(53)49-30(21-25-13-12-20-40-34(25)49)35(51)41-23-31-45-47-48-46-31)22-32(50)44-39(26-14-6-3-7-15-26,27-16-8-4-9-17-27)28-18-10-5-11-19-28/h3-20,24,29-30,33,43H,21-23H2,1-2H3,(H,41,51)(H,42,52)(H,44,50)(H,54,55)(H,45,46,47,48)/t29-,30-,33-/m0/s1. The van der Waals surface area contributed by atoms with E-state index in [0.717, 1.165) is 16.7 Å². The van der Waals surface area contributed by atoms with Crippen LogP contribution < -0.4 is 26.2 Å². The summed E-state index contributed by atoms with van der Waals surface area (Å²) in [6, 6.07) is 27.5. The lowest BCUT2D eigenvalue weighted by Crippen LogP contribution is -2.59. The average molecular weight is 745 g/mol. The highest BCUT2D eigenvalue weighted by molar-refractivity contribution is 6.07. The summed E-state index contributed by atoms with van der Waals surface area (Å²) in [5, 5.41) is 33.8. The first kappa shape index (κ1) is 37.8. The second kappa shape index (κ2) is 16.8. The van der Waals surface area contributed by atoms with Crippen molar-refractivity contribution in [2.45, 2.75) is 56.9 Å². The van der Waals surface area contributed by atoms with Crippen LogP contribution in [0.5, 0.6) is 0 Å². The van der Waals surface area contributed by atoms with Crippen molar-refractivity contribution in [1.29, 1.82) is 0 Å². The summed E-state index contributed by atoms with van der Waals surface area (Å²) in [5.74, 6) is -2.95. The molecule has 2 aromatic heterocycles. The van der Waals surface area contributed by atoms with Crippen LogP contribution in [0, 0.1) is 5.92 Å². The van der Waals surface area contributed by atoms with E-state index in [1.54, 1.807) is 26.0 Å². The summed E-state index contributed by atoms with van der Waals surface area (Å²) in [4.78, 5) is 74.3. The minimum atomic E-state index is -1.58. The van der Waals surface area contributed by atoms with Crippen LogP contribution in [0.4, 0.5) is 10.6 Å². The summed E-state index contributed by atoms with van der Waals surface area (Å²) in [7, 11) is 0. The fourth-order valence-electron chi connectivity index (χ4n) is 6.79. The van der Waals surface area contributed by atoms with Crippen LogP contribution in [0.1, 0.15) is 48.3 Å². The smallest absolute Gasteiger partial charge is 0.405 e. The molecule has 6 N–H and O–H groups in total. The highest BCUT2D eigenvalue weighted by Crippen LogP contribution is 2.37. The largest absolute Gasteiger partial charge is 0.465 e. The Morgan fingerprint density at radius 2 is 1.45 bits per heavy atom. The number of benzene rings is 3. The molecule has 3 aromatic carbocycles. The maximum Gasteiger partial charge on any atom is 0.405 e. The molecule has 6 rings (SSSR count). The normalized spacial score (nSPS) is 14.7. The topological polar surface area (TPSA) is 224 Å². The van der Waals surface area contributed by atoms with Gasteiger partial charge in [-0.25, -0.2) is 9.78 Å². The number of pyridine rings is 1. The number of carbonyl (C=O) groups excluding carboxylic acids is 4. The predicted molar refractivity (Wildman–Crippen MR) is 199 cm³/mol. The molecule has 0 unspecified atom stereocenters. The quantitative estimate of drug-likeness (QED) is 0.0911. The van der Waals surface area contributed by atoms with Crippen molar-refractivity contribution in [3.05, 3.63) is 137 Å². The molecule has 0 spiro atoms. The van der Waals surface area contributed by atoms with Gasteiger partial charge in [-0.1, -0.05) is 116 Å². The van der Waals surface area contributed by atoms with Crippen LogP contribution >= 0.6 is 0 Å². The lowest BCUT2D eigenvalue weighted by molar-refractivity contribution is -0.132. The Balaban J connectivity index is 1.39. The molecule has 5 aromatic rings. The first-order valence-electron chi connectivity index (χ1n) is 17.6. The van der Waals surface area contributed by atoms with Gasteiger partial charge in [0, 0.05) is 12.6 Å². The van der Waals surface area contributed by atoms with Crippen LogP contribution in [0.2, 0.25) is 0 Å². The maximum atomic E-state index is 14.9. The molecule has 16 nitrogen and oxygen atoms in total. The summed E-state index contributed by atoms with van der Waals surface area (Å²) >= 11 is 0. The Morgan fingerprint density at radius 3 is 1.98 bits per heavy atom. The lowest BCUT2D eigenvalue weighted by Gasteiger charge is -2.37. The van der Waals surface area contributed by atoms with Gasteiger partial charge in [0.2, 0.25) is 17.7 Å². The van der Waals surface area contributed by atoms with E-state index in [-0.39, 0.29) is 24.6 Å². The van der Waals surface area contributed by atoms with E-state index in [9.17, 15) is 29.1 Å². The van der Waals surface area contributed by atoms with Crippen LogP contribution in [0.25, 0.3) is 0 Å². The third-order valence-corrected chi connectivity index (χ3v) is 9.35. The second-order valence-corrected chi connectivity index (χ2v) is 13.3. The highest BCUT2D eigenvalue weighted by atomic mass is 16.4. The first-order valence-corrected chi connectivity index (χ1v) is 17.6. The van der Waals surface area contributed by atoms with E-state index in [1.807, 2.05) is 91.0 Å². The van der Waals surface area contributed by atoms with Crippen LogP contribution in [-0.4, -0.2) is 78.6 Å². The average Bonchev–Trinajstić information content (AvgIpc) is 3.87. The molecule has 282 valence electrons. The fraction of sp³-hybridized carbons (Fsp3) is 0.256. The van der Waals surface area contributed by atoms with Gasteiger partial charge in [0.1, 0.15) is 29.5 Å². The Kier molecular flexibility index (Phi) is 11.5. The number of nitrogens with one attached hydrogen (secondary N) is 5. The number of H-pyrrole nitrogens is 1. The first-order chi connectivity index (χ1) is 26.6. The number of carbonyl (C=O) groups is 5. The molecule has 0 fully saturated rings. The second-order valence-electron chi connectivity index (χ2n) is 13.3. The Hall–Kier alpha value is -6.97. The van der Waals surface area contributed by atoms with Crippen molar-refractivity contribution in [2.24, 2.45) is 5.92 Å². The van der Waals surface area contributed by atoms with Crippen molar-refractivity contribution in [2.75, 3.05) is 4.90 Å². The van der Waals surface area contributed by atoms with Gasteiger partial charge in [-0.15, -0.1) is 10.2 Å². The molecule has 16 heteroatoms. The van der Waals surface area contributed by atoms with Crippen molar-refractivity contribution < 1.29 is 29.1 Å². The number of anilines is 1. The molecular formula is C39H40N10O6. The molecule has 1 aliphatic heterocycles. The van der Waals surface area contributed by atoms with E-state index >= 15 is 0 Å². The van der Waals surface area contributed by atoms with Gasteiger partial charge in [-0.05, 0) is 34.2 Å². The number of carboxylic acid groups (broad SMARTS) is 1. The molecule has 0 saturated heterocycles. The van der Waals surface area contributed by atoms with E-state index in [0.29, 0.717) is 5.56 Å². The van der Waals surface area contributed by atoms with E-state index < -0.39 is 65.7 Å². The molecule has 0 bridgehead atoms. The number of nitrogens with zero attached hydrogens (tertiary/aromatic N) is 5. The zero-order chi connectivity index (χ0) is 39.0. The van der Waals surface area contributed by atoms with Crippen molar-refractivity contribution in [3.63, 3.8) is 0 Å². The molecule has 3 heterocycles. The van der Waals surface area contributed by atoms with Gasteiger partial charge < -0.3 is 26.4 Å². The molecule has 3 atom stereocenters.